The summed E-state index contributed by atoms with van der Waals surface area (Å²) in [6, 6.07) is 4.99. The zero-order valence-electron chi connectivity index (χ0n) is 13.0. The Morgan fingerprint density at radius 1 is 1.18 bits per heavy atom. The van der Waals surface area contributed by atoms with Crippen LogP contribution in [-0.4, -0.2) is 25.5 Å². The molecular weight excluding hydrogens is 302 g/mol. The van der Waals surface area contributed by atoms with Crippen LogP contribution < -0.4 is 9.46 Å². The number of hydrogen-bond donors (Lipinski definition) is 1. The quantitative estimate of drug-likeness (QED) is 0.915. The van der Waals surface area contributed by atoms with E-state index in [2.05, 4.69) is 14.7 Å². The van der Waals surface area contributed by atoms with E-state index >= 15 is 0 Å². The van der Waals surface area contributed by atoms with Crippen molar-refractivity contribution in [2.24, 2.45) is 0 Å². The van der Waals surface area contributed by atoms with E-state index in [9.17, 15) is 8.42 Å². The summed E-state index contributed by atoms with van der Waals surface area (Å²) < 4.78 is 32.9. The van der Waals surface area contributed by atoms with E-state index in [0.717, 1.165) is 5.56 Å². The van der Waals surface area contributed by atoms with E-state index in [0.29, 0.717) is 11.3 Å². The predicted molar refractivity (Wildman–Crippen MR) is 84.7 cm³/mol. The highest BCUT2D eigenvalue weighted by Crippen LogP contribution is 2.31. The van der Waals surface area contributed by atoms with E-state index in [1.54, 1.807) is 32.2 Å². The molecule has 0 aliphatic heterocycles. The molecule has 118 valence electrons. The van der Waals surface area contributed by atoms with Crippen LogP contribution in [0.1, 0.15) is 30.9 Å². The minimum Gasteiger partial charge on any atom is -0.496 e. The lowest BCUT2D eigenvalue weighted by molar-refractivity contribution is 0.406. The van der Waals surface area contributed by atoms with Gasteiger partial charge >= 0.3 is 0 Å². The molecule has 0 atom stereocenters. The fourth-order valence-electron chi connectivity index (χ4n) is 2.12. The van der Waals surface area contributed by atoms with Crippen molar-refractivity contribution >= 4 is 16.0 Å². The lowest BCUT2D eigenvalue weighted by Crippen LogP contribution is -2.16. The first-order chi connectivity index (χ1) is 10.3. The summed E-state index contributed by atoms with van der Waals surface area (Å²) in [6.07, 6.45) is 2.95. The van der Waals surface area contributed by atoms with Crippen molar-refractivity contribution in [3.63, 3.8) is 0 Å². The molecule has 1 heterocycles. The molecule has 0 radical (unpaired) electrons. The Morgan fingerprint density at radius 2 is 1.82 bits per heavy atom. The van der Waals surface area contributed by atoms with Gasteiger partial charge in [-0.3, -0.25) is 0 Å². The van der Waals surface area contributed by atoms with Gasteiger partial charge in [-0.05, 0) is 42.2 Å². The second-order valence-electron chi connectivity index (χ2n) is 5.19. The van der Waals surface area contributed by atoms with Crippen molar-refractivity contribution < 1.29 is 13.2 Å². The fourth-order valence-corrected chi connectivity index (χ4v) is 3.34. The average Bonchev–Trinajstić information content (AvgIpc) is 2.46. The lowest BCUT2D eigenvalue weighted by atomic mass is 10.0. The molecule has 0 spiro atoms. The second kappa shape index (κ2) is 6.31. The summed E-state index contributed by atoms with van der Waals surface area (Å²) in [5.41, 5.74) is 1.44. The second-order valence-corrected chi connectivity index (χ2v) is 6.84. The first kappa shape index (κ1) is 16.2. The smallest absolute Gasteiger partial charge is 0.264 e. The molecule has 2 aromatic rings. The fraction of sp³-hybridized carbons (Fsp3) is 0.333. The molecule has 1 aromatic carbocycles. The van der Waals surface area contributed by atoms with Gasteiger partial charge in [0.15, 0.2) is 0 Å². The summed E-state index contributed by atoms with van der Waals surface area (Å²) in [6.45, 7) is 5.70. The Morgan fingerprint density at radius 3 is 2.36 bits per heavy atom. The van der Waals surface area contributed by atoms with E-state index in [4.69, 9.17) is 4.74 Å². The van der Waals surface area contributed by atoms with Crippen LogP contribution in [0.2, 0.25) is 0 Å². The SMILES string of the molecule is COc1cc(C)c(S(=O)(=O)Nc2ncccn2)cc1C(C)C. The Bertz CT molecular complexity index is 759. The molecule has 2 rings (SSSR count). The molecule has 0 fully saturated rings. The normalized spacial score (nSPS) is 11.5. The molecule has 0 unspecified atom stereocenters. The Kier molecular flexibility index (Phi) is 4.65. The Balaban J connectivity index is 2.49. The Hall–Kier alpha value is -2.15. The summed E-state index contributed by atoms with van der Waals surface area (Å²) in [7, 11) is -2.18. The molecule has 7 heteroatoms. The predicted octanol–water partition coefficient (Wildman–Crippen LogP) is 2.72. The summed E-state index contributed by atoms with van der Waals surface area (Å²) in [5, 5.41) is 0. The zero-order chi connectivity index (χ0) is 16.3. The highest BCUT2D eigenvalue weighted by Gasteiger charge is 2.21. The zero-order valence-corrected chi connectivity index (χ0v) is 13.8. The third-order valence-electron chi connectivity index (χ3n) is 3.23. The van der Waals surface area contributed by atoms with Crippen LogP contribution in [0.15, 0.2) is 35.5 Å². The van der Waals surface area contributed by atoms with Gasteiger partial charge < -0.3 is 4.74 Å². The highest BCUT2D eigenvalue weighted by atomic mass is 32.2. The standard InChI is InChI=1S/C15H19N3O3S/c1-10(2)12-9-14(11(3)8-13(12)21-4)22(19,20)18-15-16-6-5-7-17-15/h5-10H,1-4H3,(H,16,17,18). The van der Waals surface area contributed by atoms with E-state index in [1.165, 1.54) is 12.4 Å². The van der Waals surface area contributed by atoms with Gasteiger partial charge in [0.2, 0.25) is 5.95 Å². The average molecular weight is 321 g/mol. The molecule has 0 aliphatic rings. The van der Waals surface area contributed by atoms with Crippen LogP contribution in [0, 0.1) is 6.92 Å². The first-order valence-corrected chi connectivity index (χ1v) is 8.32. The minimum atomic E-state index is -3.76. The van der Waals surface area contributed by atoms with Crippen molar-refractivity contribution in [1.82, 2.24) is 9.97 Å². The van der Waals surface area contributed by atoms with Crippen molar-refractivity contribution in [2.75, 3.05) is 11.8 Å². The van der Waals surface area contributed by atoms with Gasteiger partial charge in [0.25, 0.3) is 10.0 Å². The maximum atomic E-state index is 12.6. The van der Waals surface area contributed by atoms with Gasteiger partial charge in [-0.2, -0.15) is 0 Å². The van der Waals surface area contributed by atoms with Crippen LogP contribution >= 0.6 is 0 Å². The van der Waals surface area contributed by atoms with Gasteiger partial charge in [-0.25, -0.2) is 23.1 Å². The molecule has 6 nitrogen and oxygen atoms in total. The molecular formula is C15H19N3O3S. The van der Waals surface area contributed by atoms with Crippen LogP contribution in [0.5, 0.6) is 5.75 Å². The number of aryl methyl sites for hydroxylation is 1. The number of nitrogens with zero attached hydrogens (tertiary/aromatic N) is 2. The monoisotopic (exact) mass is 321 g/mol. The van der Waals surface area contributed by atoms with Crippen molar-refractivity contribution in [2.45, 2.75) is 31.6 Å². The number of benzene rings is 1. The molecule has 0 bridgehead atoms. The summed E-state index contributed by atoms with van der Waals surface area (Å²) in [5.74, 6) is 0.865. The van der Waals surface area contributed by atoms with Gasteiger partial charge in [0, 0.05) is 12.4 Å². The molecule has 0 saturated carbocycles. The van der Waals surface area contributed by atoms with Crippen molar-refractivity contribution in [3.8, 4) is 5.75 Å². The van der Waals surface area contributed by atoms with Crippen molar-refractivity contribution in [1.29, 1.82) is 0 Å². The van der Waals surface area contributed by atoms with Gasteiger partial charge in [0.1, 0.15) is 5.75 Å². The maximum Gasteiger partial charge on any atom is 0.264 e. The highest BCUT2D eigenvalue weighted by molar-refractivity contribution is 7.92. The molecule has 0 aliphatic carbocycles. The number of ether oxygens (including phenoxy) is 1. The molecule has 22 heavy (non-hydrogen) atoms. The van der Waals surface area contributed by atoms with Crippen LogP contribution in [0.4, 0.5) is 5.95 Å². The summed E-state index contributed by atoms with van der Waals surface area (Å²) >= 11 is 0. The first-order valence-electron chi connectivity index (χ1n) is 6.83. The number of nitrogens with one attached hydrogen (secondary N) is 1. The van der Waals surface area contributed by atoms with Crippen molar-refractivity contribution in [3.05, 3.63) is 41.7 Å². The van der Waals surface area contributed by atoms with Gasteiger partial charge in [0.05, 0.1) is 12.0 Å². The number of rotatable bonds is 5. The molecule has 1 N–H and O–H groups in total. The molecule has 0 amide bonds. The number of aromatic nitrogens is 2. The minimum absolute atomic E-state index is 0.0452. The topological polar surface area (TPSA) is 81.2 Å². The number of sulfonamides is 1. The van der Waals surface area contributed by atoms with E-state index < -0.39 is 10.0 Å². The largest absolute Gasteiger partial charge is 0.496 e. The van der Waals surface area contributed by atoms with Crippen LogP contribution in [0.25, 0.3) is 0 Å². The lowest BCUT2D eigenvalue weighted by Gasteiger charge is -2.16. The van der Waals surface area contributed by atoms with Gasteiger partial charge in [-0.15, -0.1) is 0 Å². The number of hydrogen-bond acceptors (Lipinski definition) is 5. The third-order valence-corrected chi connectivity index (χ3v) is 4.70. The third kappa shape index (κ3) is 3.36. The number of anilines is 1. The molecule has 0 saturated heterocycles. The van der Waals surface area contributed by atoms with Crippen LogP contribution in [0.3, 0.4) is 0 Å². The maximum absolute atomic E-state index is 12.6. The van der Waals surface area contributed by atoms with Gasteiger partial charge in [-0.1, -0.05) is 13.8 Å². The number of methoxy groups -OCH3 is 1. The van der Waals surface area contributed by atoms with Crippen LogP contribution in [-0.2, 0) is 10.0 Å². The Labute approximate surface area is 130 Å². The van der Waals surface area contributed by atoms with E-state index in [-0.39, 0.29) is 16.8 Å². The van der Waals surface area contributed by atoms with E-state index in [1.807, 2.05) is 13.8 Å². The summed E-state index contributed by atoms with van der Waals surface area (Å²) in [4.78, 5) is 7.97. The molecule has 1 aromatic heterocycles.